The third-order valence-electron chi connectivity index (χ3n) is 8.90. The number of hydrogen-bond acceptors (Lipinski definition) is 1. The molecule has 1 nitrogen and oxygen atoms in total. The van der Waals surface area contributed by atoms with Crippen LogP contribution in [0.5, 0.6) is 5.75 Å². The number of rotatable bonds is 15. The number of hydrogen-bond donors (Lipinski definition) is 0. The van der Waals surface area contributed by atoms with Gasteiger partial charge in [0.1, 0.15) is 5.75 Å². The molecule has 0 N–H and O–H groups in total. The number of benzene rings is 1. The van der Waals surface area contributed by atoms with E-state index < -0.39 is 0 Å². The van der Waals surface area contributed by atoms with Crippen molar-refractivity contribution in [2.75, 3.05) is 6.61 Å². The van der Waals surface area contributed by atoms with E-state index in [2.05, 4.69) is 38.1 Å². The van der Waals surface area contributed by atoms with Gasteiger partial charge in [0.15, 0.2) is 0 Å². The highest BCUT2D eigenvalue weighted by Crippen LogP contribution is 2.35. The molecule has 2 aliphatic carbocycles. The lowest BCUT2D eigenvalue weighted by molar-refractivity contribution is 0.228. The lowest BCUT2D eigenvalue weighted by atomic mass is 9.78. The third-order valence-corrected chi connectivity index (χ3v) is 8.90. The van der Waals surface area contributed by atoms with E-state index in [4.69, 9.17) is 4.74 Å². The molecule has 0 radical (unpaired) electrons. The molecule has 2 aliphatic rings. The van der Waals surface area contributed by atoms with Crippen molar-refractivity contribution >= 4 is 0 Å². The van der Waals surface area contributed by atoms with Crippen LogP contribution in [-0.4, -0.2) is 6.61 Å². The first kappa shape index (κ1) is 26.6. The highest BCUT2D eigenvalue weighted by atomic mass is 16.5. The Morgan fingerprint density at radius 1 is 0.576 bits per heavy atom. The second-order valence-corrected chi connectivity index (χ2v) is 11.6. The van der Waals surface area contributed by atoms with E-state index in [9.17, 15) is 0 Å². The summed E-state index contributed by atoms with van der Waals surface area (Å²) in [6.07, 6.45) is 27.0. The van der Waals surface area contributed by atoms with Crippen molar-refractivity contribution in [2.45, 2.75) is 136 Å². The van der Waals surface area contributed by atoms with Crippen LogP contribution < -0.4 is 4.74 Å². The van der Waals surface area contributed by atoms with Crippen molar-refractivity contribution in [2.24, 2.45) is 23.7 Å². The van der Waals surface area contributed by atoms with E-state index in [1.54, 1.807) is 0 Å². The molecule has 1 heteroatoms. The Kier molecular flexibility index (Phi) is 12.8. The number of aryl methyl sites for hydroxylation is 1. The van der Waals surface area contributed by atoms with Gasteiger partial charge in [-0.2, -0.15) is 0 Å². The SMILES string of the molecule is CCCCCC1CCC(CCCOc2ccc(CCC3CCC(CCCC)CC3)cc2)CC1. The van der Waals surface area contributed by atoms with Gasteiger partial charge in [-0.05, 0) is 67.1 Å². The number of unbranched alkanes of at least 4 members (excludes halogenated alkanes) is 3. The summed E-state index contributed by atoms with van der Waals surface area (Å²) in [4.78, 5) is 0. The predicted octanol–water partition coefficient (Wildman–Crippen LogP) is 10.2. The molecule has 0 atom stereocenters. The second-order valence-electron chi connectivity index (χ2n) is 11.6. The zero-order chi connectivity index (χ0) is 23.1. The molecule has 2 saturated carbocycles. The topological polar surface area (TPSA) is 9.23 Å². The molecule has 0 amide bonds. The lowest BCUT2D eigenvalue weighted by Crippen LogP contribution is -2.15. The molecule has 0 spiro atoms. The fraction of sp³-hybridized carbons (Fsp3) is 0.812. The maximum atomic E-state index is 6.08. The normalized spacial score (nSPS) is 25.8. The van der Waals surface area contributed by atoms with Gasteiger partial charge in [0.05, 0.1) is 6.61 Å². The minimum Gasteiger partial charge on any atom is -0.494 e. The van der Waals surface area contributed by atoms with Gasteiger partial charge in [-0.1, -0.05) is 122 Å². The smallest absolute Gasteiger partial charge is 0.119 e. The van der Waals surface area contributed by atoms with Gasteiger partial charge >= 0.3 is 0 Å². The average molecular weight is 455 g/mol. The van der Waals surface area contributed by atoms with E-state index in [-0.39, 0.29) is 0 Å². The fourth-order valence-electron chi connectivity index (χ4n) is 6.48. The minimum absolute atomic E-state index is 0.886. The van der Waals surface area contributed by atoms with E-state index in [0.717, 1.165) is 36.0 Å². The van der Waals surface area contributed by atoms with E-state index in [0.29, 0.717) is 0 Å². The number of ether oxygens (including phenoxy) is 1. The maximum absolute atomic E-state index is 6.08. The van der Waals surface area contributed by atoms with Crippen LogP contribution in [0.3, 0.4) is 0 Å². The summed E-state index contributed by atoms with van der Waals surface area (Å²) in [5.41, 5.74) is 1.49. The van der Waals surface area contributed by atoms with Crippen molar-refractivity contribution in [1.29, 1.82) is 0 Å². The van der Waals surface area contributed by atoms with Gasteiger partial charge in [-0.15, -0.1) is 0 Å². The van der Waals surface area contributed by atoms with Crippen molar-refractivity contribution in [1.82, 2.24) is 0 Å². The van der Waals surface area contributed by atoms with Crippen LogP contribution in [0, 0.1) is 23.7 Å². The Balaban J connectivity index is 1.22. The van der Waals surface area contributed by atoms with Gasteiger partial charge in [-0.25, -0.2) is 0 Å². The first-order valence-corrected chi connectivity index (χ1v) is 15.0. The first-order valence-electron chi connectivity index (χ1n) is 15.0. The Bertz CT molecular complexity index is 589. The van der Waals surface area contributed by atoms with Gasteiger partial charge in [0.25, 0.3) is 0 Å². The molecule has 0 heterocycles. The zero-order valence-corrected chi connectivity index (χ0v) is 22.2. The van der Waals surface area contributed by atoms with Crippen LogP contribution in [0.1, 0.15) is 135 Å². The van der Waals surface area contributed by atoms with Crippen LogP contribution in [0.25, 0.3) is 0 Å². The summed E-state index contributed by atoms with van der Waals surface area (Å²) in [6.45, 7) is 5.52. The first-order chi connectivity index (χ1) is 16.3. The Morgan fingerprint density at radius 2 is 1.06 bits per heavy atom. The molecule has 0 bridgehead atoms. The van der Waals surface area contributed by atoms with Crippen molar-refractivity contribution in [3.8, 4) is 5.75 Å². The Morgan fingerprint density at radius 3 is 1.61 bits per heavy atom. The lowest BCUT2D eigenvalue weighted by Gasteiger charge is -2.28. The van der Waals surface area contributed by atoms with Crippen LogP contribution >= 0.6 is 0 Å². The summed E-state index contributed by atoms with van der Waals surface area (Å²) in [7, 11) is 0. The van der Waals surface area contributed by atoms with Crippen LogP contribution in [0.2, 0.25) is 0 Å². The molecule has 0 aliphatic heterocycles. The van der Waals surface area contributed by atoms with Crippen molar-refractivity contribution in [3.63, 3.8) is 0 Å². The standard InChI is InChI=1S/C32H54O/c1-3-5-7-10-28-12-14-29(15-13-28)11-8-26-33-32-24-22-31(23-25-32)21-20-30-18-16-27(17-19-30)9-6-4-2/h22-25,27-30H,3-21,26H2,1-2H3. The van der Waals surface area contributed by atoms with Gasteiger partial charge < -0.3 is 4.74 Å². The van der Waals surface area contributed by atoms with Gasteiger partial charge in [0, 0.05) is 0 Å². The molecule has 0 unspecified atom stereocenters. The Hall–Kier alpha value is -0.980. The van der Waals surface area contributed by atoms with Crippen LogP contribution in [-0.2, 0) is 6.42 Å². The summed E-state index contributed by atoms with van der Waals surface area (Å²) < 4.78 is 6.08. The fourth-order valence-corrected chi connectivity index (χ4v) is 6.48. The van der Waals surface area contributed by atoms with Crippen LogP contribution in [0.4, 0.5) is 0 Å². The predicted molar refractivity (Wildman–Crippen MR) is 144 cm³/mol. The average Bonchev–Trinajstić information content (AvgIpc) is 2.86. The largest absolute Gasteiger partial charge is 0.494 e. The summed E-state index contributed by atoms with van der Waals surface area (Å²) in [5, 5.41) is 0. The molecular formula is C32H54O. The minimum atomic E-state index is 0.886. The van der Waals surface area contributed by atoms with Gasteiger partial charge in [0.2, 0.25) is 0 Å². The monoisotopic (exact) mass is 454 g/mol. The molecule has 0 saturated heterocycles. The van der Waals surface area contributed by atoms with E-state index in [1.165, 1.54) is 128 Å². The summed E-state index contributed by atoms with van der Waals surface area (Å²) in [6, 6.07) is 9.03. The Labute approximate surface area is 206 Å². The molecule has 0 aromatic heterocycles. The third kappa shape index (κ3) is 10.4. The molecule has 3 rings (SSSR count). The highest BCUT2D eigenvalue weighted by Gasteiger charge is 2.21. The molecule has 188 valence electrons. The maximum Gasteiger partial charge on any atom is 0.119 e. The van der Waals surface area contributed by atoms with Crippen LogP contribution in [0.15, 0.2) is 24.3 Å². The summed E-state index contributed by atoms with van der Waals surface area (Å²) in [5.74, 6) is 5.05. The van der Waals surface area contributed by atoms with Crippen molar-refractivity contribution < 1.29 is 4.74 Å². The highest BCUT2D eigenvalue weighted by molar-refractivity contribution is 5.27. The molecule has 2 fully saturated rings. The quantitative estimate of drug-likeness (QED) is 0.239. The molecule has 33 heavy (non-hydrogen) atoms. The van der Waals surface area contributed by atoms with Crippen molar-refractivity contribution in [3.05, 3.63) is 29.8 Å². The zero-order valence-electron chi connectivity index (χ0n) is 22.2. The molecule has 1 aromatic carbocycles. The van der Waals surface area contributed by atoms with E-state index in [1.807, 2.05) is 0 Å². The second kappa shape index (κ2) is 15.8. The summed E-state index contributed by atoms with van der Waals surface area (Å²) >= 11 is 0. The van der Waals surface area contributed by atoms with E-state index >= 15 is 0 Å². The van der Waals surface area contributed by atoms with Gasteiger partial charge in [-0.3, -0.25) is 0 Å². The molecule has 1 aromatic rings. The molecular weight excluding hydrogens is 400 g/mol.